The number of hydrogen-bond donors (Lipinski definition) is 2. The topological polar surface area (TPSA) is 81.2 Å². The summed E-state index contributed by atoms with van der Waals surface area (Å²) in [5.41, 5.74) is -0.298. The van der Waals surface area contributed by atoms with Crippen LogP contribution in [0.2, 0.25) is 0 Å². The lowest BCUT2D eigenvalue weighted by atomic mass is 10.1. The summed E-state index contributed by atoms with van der Waals surface area (Å²) < 4.78 is 10.9. The molecule has 0 spiro atoms. The third-order valence-electron chi connectivity index (χ3n) is 2.81. The summed E-state index contributed by atoms with van der Waals surface area (Å²) in [6, 6.07) is 0.336. The average molecular weight is 297 g/mol. The Hall–Kier alpha value is -1.63. The van der Waals surface area contributed by atoms with Crippen molar-refractivity contribution in [1.82, 2.24) is 15.0 Å². The minimum absolute atomic E-state index is 0.298. The molecule has 0 amide bonds. The Balaban J connectivity index is 2.79. The largest absolute Gasteiger partial charge is 0.463 e. The van der Waals surface area contributed by atoms with Crippen molar-refractivity contribution in [3.8, 4) is 6.01 Å². The minimum atomic E-state index is -0.298. The molecule has 0 aliphatic heterocycles. The van der Waals surface area contributed by atoms with Gasteiger partial charge < -0.3 is 20.1 Å². The molecular weight excluding hydrogens is 270 g/mol. The van der Waals surface area contributed by atoms with Crippen LogP contribution in [0.5, 0.6) is 6.01 Å². The summed E-state index contributed by atoms with van der Waals surface area (Å²) in [6.07, 6.45) is 1.90. The summed E-state index contributed by atoms with van der Waals surface area (Å²) in [7, 11) is 1.68. The standard InChI is InChI=1S/C14H27N5O2/c1-6-8-15-11-17-12(16-10-14(3,4)20-5)19-13(18-11)21-9-7-2/h6-10H2,1-5H3,(H2,15,16,17,18,19). The van der Waals surface area contributed by atoms with Gasteiger partial charge in [-0.3, -0.25) is 0 Å². The zero-order chi connectivity index (χ0) is 15.7. The van der Waals surface area contributed by atoms with Crippen LogP contribution in [0.1, 0.15) is 40.5 Å². The number of methoxy groups -OCH3 is 1. The quantitative estimate of drug-likeness (QED) is 0.686. The Morgan fingerprint density at radius 1 is 1.00 bits per heavy atom. The molecule has 0 aliphatic rings. The Morgan fingerprint density at radius 3 is 2.24 bits per heavy atom. The summed E-state index contributed by atoms with van der Waals surface area (Å²) in [4.78, 5) is 12.8. The maximum absolute atomic E-state index is 5.50. The highest BCUT2D eigenvalue weighted by Gasteiger charge is 2.17. The van der Waals surface area contributed by atoms with Crippen molar-refractivity contribution in [1.29, 1.82) is 0 Å². The zero-order valence-corrected chi connectivity index (χ0v) is 13.7. The molecule has 1 rings (SSSR count). The lowest BCUT2D eigenvalue weighted by Gasteiger charge is -2.23. The fourth-order valence-corrected chi connectivity index (χ4v) is 1.37. The first-order valence-electron chi connectivity index (χ1n) is 7.42. The molecular formula is C14H27N5O2. The molecule has 0 bridgehead atoms. The van der Waals surface area contributed by atoms with Gasteiger partial charge in [-0.15, -0.1) is 0 Å². The van der Waals surface area contributed by atoms with Gasteiger partial charge in [-0.2, -0.15) is 15.0 Å². The number of aromatic nitrogens is 3. The number of nitrogens with one attached hydrogen (secondary N) is 2. The molecule has 0 aliphatic carbocycles. The second kappa shape index (κ2) is 8.61. The van der Waals surface area contributed by atoms with Crippen molar-refractivity contribution < 1.29 is 9.47 Å². The Kier molecular flexibility index (Phi) is 7.14. The first kappa shape index (κ1) is 17.4. The molecule has 0 radical (unpaired) electrons. The third kappa shape index (κ3) is 6.57. The molecule has 0 aromatic carbocycles. The van der Waals surface area contributed by atoms with E-state index in [0.717, 1.165) is 19.4 Å². The molecule has 7 heteroatoms. The third-order valence-corrected chi connectivity index (χ3v) is 2.81. The monoisotopic (exact) mass is 297 g/mol. The lowest BCUT2D eigenvalue weighted by Crippen LogP contribution is -2.32. The molecule has 1 aromatic rings. The van der Waals surface area contributed by atoms with Crippen molar-refractivity contribution in [2.24, 2.45) is 0 Å². The summed E-state index contributed by atoms with van der Waals surface area (Å²) in [5, 5.41) is 6.31. The van der Waals surface area contributed by atoms with Gasteiger partial charge in [0.05, 0.1) is 12.2 Å². The summed E-state index contributed by atoms with van der Waals surface area (Å²) >= 11 is 0. The fourth-order valence-electron chi connectivity index (χ4n) is 1.37. The number of anilines is 2. The van der Waals surface area contributed by atoms with E-state index in [1.54, 1.807) is 7.11 Å². The normalized spacial score (nSPS) is 11.3. The van der Waals surface area contributed by atoms with Gasteiger partial charge in [0, 0.05) is 20.2 Å². The predicted molar refractivity (Wildman–Crippen MR) is 84.0 cm³/mol. The van der Waals surface area contributed by atoms with Crippen molar-refractivity contribution in [3.63, 3.8) is 0 Å². The van der Waals surface area contributed by atoms with E-state index in [2.05, 4.69) is 32.5 Å². The van der Waals surface area contributed by atoms with Crippen LogP contribution in [0.4, 0.5) is 11.9 Å². The molecule has 1 aromatic heterocycles. The first-order valence-corrected chi connectivity index (χ1v) is 7.42. The highest BCUT2D eigenvalue weighted by Crippen LogP contribution is 2.14. The highest BCUT2D eigenvalue weighted by atomic mass is 16.5. The van der Waals surface area contributed by atoms with Gasteiger partial charge in [-0.05, 0) is 26.7 Å². The highest BCUT2D eigenvalue weighted by molar-refractivity contribution is 5.36. The summed E-state index contributed by atoms with van der Waals surface area (Å²) in [5.74, 6) is 1.01. The van der Waals surface area contributed by atoms with Gasteiger partial charge in [-0.25, -0.2) is 0 Å². The van der Waals surface area contributed by atoms with Crippen molar-refractivity contribution in [3.05, 3.63) is 0 Å². The molecule has 0 saturated carbocycles. The molecule has 7 nitrogen and oxygen atoms in total. The van der Waals surface area contributed by atoms with E-state index in [0.29, 0.717) is 31.1 Å². The Morgan fingerprint density at radius 2 is 1.67 bits per heavy atom. The molecule has 0 unspecified atom stereocenters. The second-order valence-electron chi connectivity index (χ2n) is 5.36. The van der Waals surface area contributed by atoms with E-state index in [1.807, 2.05) is 20.8 Å². The van der Waals surface area contributed by atoms with Gasteiger partial charge in [0.1, 0.15) is 0 Å². The van der Waals surface area contributed by atoms with Crippen molar-refractivity contribution >= 4 is 11.9 Å². The van der Waals surface area contributed by atoms with E-state index >= 15 is 0 Å². The number of ether oxygens (including phenoxy) is 2. The van der Waals surface area contributed by atoms with E-state index in [9.17, 15) is 0 Å². The van der Waals surface area contributed by atoms with Gasteiger partial charge in [0.15, 0.2) is 0 Å². The number of nitrogens with zero attached hydrogens (tertiary/aromatic N) is 3. The van der Waals surface area contributed by atoms with Gasteiger partial charge >= 0.3 is 6.01 Å². The molecule has 21 heavy (non-hydrogen) atoms. The van der Waals surface area contributed by atoms with E-state index in [4.69, 9.17) is 9.47 Å². The maximum Gasteiger partial charge on any atom is 0.323 e. The molecule has 0 fully saturated rings. The van der Waals surface area contributed by atoms with E-state index in [-0.39, 0.29) is 5.60 Å². The molecule has 1 heterocycles. The van der Waals surface area contributed by atoms with Crippen LogP contribution in [0.15, 0.2) is 0 Å². The Labute approximate surface area is 126 Å². The minimum Gasteiger partial charge on any atom is -0.463 e. The number of rotatable bonds is 10. The van der Waals surface area contributed by atoms with Crippen LogP contribution in [-0.2, 0) is 4.74 Å². The SMILES string of the molecule is CCCNc1nc(NCC(C)(C)OC)nc(OCCC)n1. The van der Waals surface area contributed by atoms with Crippen LogP contribution in [0.25, 0.3) is 0 Å². The second-order valence-corrected chi connectivity index (χ2v) is 5.36. The lowest BCUT2D eigenvalue weighted by molar-refractivity contribution is 0.0342. The van der Waals surface area contributed by atoms with Gasteiger partial charge in [0.2, 0.25) is 11.9 Å². The maximum atomic E-state index is 5.50. The van der Waals surface area contributed by atoms with Crippen LogP contribution in [0.3, 0.4) is 0 Å². The molecule has 0 atom stereocenters. The smallest absolute Gasteiger partial charge is 0.323 e. The van der Waals surface area contributed by atoms with E-state index in [1.165, 1.54) is 0 Å². The molecule has 2 N–H and O–H groups in total. The van der Waals surface area contributed by atoms with Gasteiger partial charge in [0.25, 0.3) is 0 Å². The van der Waals surface area contributed by atoms with E-state index < -0.39 is 0 Å². The number of hydrogen-bond acceptors (Lipinski definition) is 7. The fraction of sp³-hybridized carbons (Fsp3) is 0.786. The van der Waals surface area contributed by atoms with Crippen LogP contribution in [0, 0.1) is 0 Å². The Bertz CT molecular complexity index is 400. The van der Waals surface area contributed by atoms with Crippen LogP contribution in [-0.4, -0.2) is 47.4 Å². The summed E-state index contributed by atoms with van der Waals surface area (Å²) in [6.45, 7) is 10.1. The predicted octanol–water partition coefficient (Wildman–Crippen LogP) is 2.32. The zero-order valence-electron chi connectivity index (χ0n) is 13.7. The first-order chi connectivity index (χ1) is 10.0. The molecule has 120 valence electrons. The van der Waals surface area contributed by atoms with Crippen LogP contribution >= 0.6 is 0 Å². The average Bonchev–Trinajstić information content (AvgIpc) is 2.49. The van der Waals surface area contributed by atoms with Crippen molar-refractivity contribution in [2.75, 3.05) is 37.4 Å². The van der Waals surface area contributed by atoms with Crippen LogP contribution < -0.4 is 15.4 Å². The molecule has 0 saturated heterocycles. The van der Waals surface area contributed by atoms with Crippen molar-refractivity contribution in [2.45, 2.75) is 46.1 Å². The van der Waals surface area contributed by atoms with Gasteiger partial charge in [-0.1, -0.05) is 13.8 Å².